The van der Waals surface area contributed by atoms with Crippen LogP contribution in [0.15, 0.2) is 0 Å². The molecule has 4 heteroatoms. The number of likely N-dealkylation sites (tertiary alicyclic amines) is 2. The van der Waals surface area contributed by atoms with Gasteiger partial charge in [0.1, 0.15) is 0 Å². The molecule has 2 amide bonds. The fraction of sp³-hybridized carbons (Fsp3) is 0.929. The number of nitrogens with zero attached hydrogens (tertiary/aromatic N) is 2. The van der Waals surface area contributed by atoms with Crippen molar-refractivity contribution in [2.75, 3.05) is 26.2 Å². The van der Waals surface area contributed by atoms with Gasteiger partial charge in [0.25, 0.3) is 0 Å². The number of hydrogen-bond donors (Lipinski definition) is 1. The first-order valence-corrected chi connectivity index (χ1v) is 7.62. The number of carbonyl (C=O) groups excluding carboxylic acids is 1. The largest absolute Gasteiger partial charge is 0.335 e. The summed E-state index contributed by atoms with van der Waals surface area (Å²) in [7, 11) is 0. The summed E-state index contributed by atoms with van der Waals surface area (Å²) in [5, 5.41) is 3.17. The molecule has 1 N–H and O–H groups in total. The van der Waals surface area contributed by atoms with E-state index in [1.165, 1.54) is 58.0 Å². The summed E-state index contributed by atoms with van der Waals surface area (Å²) < 4.78 is 0. The van der Waals surface area contributed by atoms with Gasteiger partial charge in [-0.3, -0.25) is 4.90 Å². The van der Waals surface area contributed by atoms with Crippen LogP contribution in [0.2, 0.25) is 0 Å². The van der Waals surface area contributed by atoms with Gasteiger partial charge < -0.3 is 10.2 Å². The fourth-order valence-corrected chi connectivity index (χ4v) is 3.47. The minimum Gasteiger partial charge on any atom is -0.335 e. The molecule has 3 fully saturated rings. The van der Waals surface area contributed by atoms with Crippen LogP contribution in [0, 0.1) is 0 Å². The highest BCUT2D eigenvalue weighted by Crippen LogP contribution is 2.21. The van der Waals surface area contributed by atoms with Gasteiger partial charge in [0, 0.05) is 25.2 Å². The number of nitrogens with one attached hydrogen (secondary N) is 1. The Balaban J connectivity index is 1.39. The third-order valence-electron chi connectivity index (χ3n) is 4.74. The third-order valence-corrected chi connectivity index (χ3v) is 4.74. The zero-order valence-electron chi connectivity index (χ0n) is 11.2. The minimum absolute atomic E-state index is 0.176. The third kappa shape index (κ3) is 2.63. The van der Waals surface area contributed by atoms with E-state index in [0.29, 0.717) is 12.1 Å². The summed E-state index contributed by atoms with van der Waals surface area (Å²) in [4.78, 5) is 16.6. The van der Waals surface area contributed by atoms with Crippen LogP contribution in [0.3, 0.4) is 0 Å². The summed E-state index contributed by atoms with van der Waals surface area (Å²) in [5.41, 5.74) is 0. The van der Waals surface area contributed by atoms with Crippen molar-refractivity contribution in [2.24, 2.45) is 0 Å². The average Bonchev–Trinajstić information content (AvgIpc) is 2.81. The summed E-state index contributed by atoms with van der Waals surface area (Å²) in [6.07, 6.45) is 8.97. The van der Waals surface area contributed by atoms with E-state index in [2.05, 4.69) is 10.2 Å². The normalized spacial score (nSPS) is 27.2. The van der Waals surface area contributed by atoms with Gasteiger partial charge in [0.05, 0.1) is 0 Å². The van der Waals surface area contributed by atoms with Crippen LogP contribution in [0.4, 0.5) is 4.79 Å². The molecular weight excluding hydrogens is 226 g/mol. The molecule has 0 aromatic carbocycles. The number of rotatable bonds is 2. The van der Waals surface area contributed by atoms with Gasteiger partial charge in [-0.05, 0) is 38.8 Å². The standard InChI is InChI=1S/C14H25N3O/c18-14(15-12-6-2-3-7-12)17-10-13(11-17)16-8-4-1-5-9-16/h12-13H,1-11H2,(H,15,18). The smallest absolute Gasteiger partial charge is 0.317 e. The van der Waals surface area contributed by atoms with E-state index in [9.17, 15) is 4.79 Å². The molecule has 1 aliphatic carbocycles. The monoisotopic (exact) mass is 251 g/mol. The van der Waals surface area contributed by atoms with E-state index in [0.717, 1.165) is 13.1 Å². The highest BCUT2D eigenvalue weighted by atomic mass is 16.2. The second-order valence-electron chi connectivity index (χ2n) is 6.09. The maximum atomic E-state index is 12.0. The molecule has 3 aliphatic rings. The summed E-state index contributed by atoms with van der Waals surface area (Å²) in [6, 6.07) is 1.27. The molecule has 3 rings (SSSR count). The minimum atomic E-state index is 0.176. The lowest BCUT2D eigenvalue weighted by Crippen LogP contribution is -2.64. The Labute approximate surface area is 110 Å². The molecule has 0 aromatic rings. The van der Waals surface area contributed by atoms with Crippen LogP contribution in [0.1, 0.15) is 44.9 Å². The summed E-state index contributed by atoms with van der Waals surface area (Å²) >= 11 is 0. The van der Waals surface area contributed by atoms with E-state index < -0.39 is 0 Å². The lowest BCUT2D eigenvalue weighted by atomic mass is 10.0. The SMILES string of the molecule is O=C(NC1CCCC1)N1CC(N2CCCCC2)C1. The number of carbonyl (C=O) groups is 1. The number of piperidine rings is 1. The van der Waals surface area contributed by atoms with Gasteiger partial charge >= 0.3 is 6.03 Å². The number of hydrogen-bond acceptors (Lipinski definition) is 2. The molecule has 0 bridgehead atoms. The zero-order valence-corrected chi connectivity index (χ0v) is 11.2. The zero-order chi connectivity index (χ0) is 12.4. The van der Waals surface area contributed by atoms with E-state index >= 15 is 0 Å². The first-order valence-electron chi connectivity index (χ1n) is 7.62. The van der Waals surface area contributed by atoms with Gasteiger partial charge in [0.2, 0.25) is 0 Å². The topological polar surface area (TPSA) is 35.6 Å². The molecular formula is C14H25N3O. The van der Waals surface area contributed by atoms with Crippen LogP contribution < -0.4 is 5.32 Å². The maximum absolute atomic E-state index is 12.0. The predicted octanol–water partition coefficient (Wildman–Crippen LogP) is 1.81. The van der Waals surface area contributed by atoms with Gasteiger partial charge in [-0.15, -0.1) is 0 Å². The van der Waals surface area contributed by atoms with Crippen LogP contribution in [-0.4, -0.2) is 54.1 Å². The highest BCUT2D eigenvalue weighted by Gasteiger charge is 2.35. The Hall–Kier alpha value is -0.770. The lowest BCUT2D eigenvalue weighted by Gasteiger charge is -2.46. The highest BCUT2D eigenvalue weighted by molar-refractivity contribution is 5.75. The first-order chi connectivity index (χ1) is 8.83. The van der Waals surface area contributed by atoms with E-state index in [4.69, 9.17) is 0 Å². The molecule has 2 heterocycles. The van der Waals surface area contributed by atoms with Gasteiger partial charge in [-0.25, -0.2) is 4.79 Å². The van der Waals surface area contributed by atoms with Crippen molar-refractivity contribution < 1.29 is 4.79 Å². The Morgan fingerprint density at radius 3 is 2.28 bits per heavy atom. The van der Waals surface area contributed by atoms with Crippen molar-refractivity contribution >= 4 is 6.03 Å². The number of urea groups is 1. The van der Waals surface area contributed by atoms with Crippen LogP contribution >= 0.6 is 0 Å². The Kier molecular flexibility index (Phi) is 3.73. The maximum Gasteiger partial charge on any atom is 0.317 e. The second kappa shape index (κ2) is 5.47. The molecule has 2 saturated heterocycles. The first kappa shape index (κ1) is 12.3. The van der Waals surface area contributed by atoms with Crippen LogP contribution in [-0.2, 0) is 0 Å². The molecule has 4 nitrogen and oxygen atoms in total. The van der Waals surface area contributed by atoms with Crippen molar-refractivity contribution in [1.82, 2.24) is 15.1 Å². The Bertz CT molecular complexity index is 289. The quantitative estimate of drug-likeness (QED) is 0.812. The molecule has 0 unspecified atom stereocenters. The molecule has 1 saturated carbocycles. The van der Waals surface area contributed by atoms with E-state index in [1.807, 2.05) is 4.90 Å². The van der Waals surface area contributed by atoms with Gasteiger partial charge in [-0.1, -0.05) is 19.3 Å². The van der Waals surface area contributed by atoms with Crippen molar-refractivity contribution in [3.05, 3.63) is 0 Å². The van der Waals surface area contributed by atoms with Gasteiger partial charge in [-0.2, -0.15) is 0 Å². The molecule has 0 atom stereocenters. The second-order valence-corrected chi connectivity index (χ2v) is 6.09. The van der Waals surface area contributed by atoms with Crippen molar-refractivity contribution in [3.8, 4) is 0 Å². The molecule has 102 valence electrons. The summed E-state index contributed by atoms with van der Waals surface area (Å²) in [6.45, 7) is 4.36. The van der Waals surface area contributed by atoms with E-state index in [1.54, 1.807) is 0 Å². The van der Waals surface area contributed by atoms with Crippen LogP contribution in [0.25, 0.3) is 0 Å². The fourth-order valence-electron chi connectivity index (χ4n) is 3.47. The predicted molar refractivity (Wildman–Crippen MR) is 71.6 cm³/mol. The molecule has 0 spiro atoms. The van der Waals surface area contributed by atoms with Gasteiger partial charge in [0.15, 0.2) is 0 Å². The van der Waals surface area contributed by atoms with Crippen molar-refractivity contribution in [2.45, 2.75) is 57.0 Å². The molecule has 2 aliphatic heterocycles. The lowest BCUT2D eigenvalue weighted by molar-refractivity contribution is 0.0443. The Morgan fingerprint density at radius 1 is 0.944 bits per heavy atom. The molecule has 0 radical (unpaired) electrons. The molecule has 0 aromatic heterocycles. The van der Waals surface area contributed by atoms with Crippen LogP contribution in [0.5, 0.6) is 0 Å². The van der Waals surface area contributed by atoms with E-state index in [-0.39, 0.29) is 6.03 Å². The molecule has 18 heavy (non-hydrogen) atoms. The Morgan fingerprint density at radius 2 is 1.61 bits per heavy atom. The average molecular weight is 251 g/mol. The summed E-state index contributed by atoms with van der Waals surface area (Å²) in [5.74, 6) is 0. The van der Waals surface area contributed by atoms with Crippen molar-refractivity contribution in [3.63, 3.8) is 0 Å². The number of amides is 2. The van der Waals surface area contributed by atoms with Crippen molar-refractivity contribution in [1.29, 1.82) is 0 Å².